The smallest absolute Gasteiger partial charge is 0.368 e. The van der Waals surface area contributed by atoms with E-state index in [1.165, 1.54) is 18.3 Å². The van der Waals surface area contributed by atoms with E-state index in [0.29, 0.717) is 6.54 Å². The van der Waals surface area contributed by atoms with Crippen LogP contribution in [0.2, 0.25) is 0 Å². The molecule has 0 aliphatic carbocycles. The number of amides is 1. The van der Waals surface area contributed by atoms with E-state index >= 15 is 0 Å². The number of hydrogen-bond acceptors (Lipinski definition) is 5. The molecule has 0 bridgehead atoms. The minimum atomic E-state index is -4.43. The number of hydrogen-bond donors (Lipinski definition) is 2. The zero-order chi connectivity index (χ0) is 20.9. The van der Waals surface area contributed by atoms with Crippen molar-refractivity contribution in [3.63, 3.8) is 0 Å². The fraction of sp³-hybridized carbons (Fsp3) is 0.300. The molecule has 2 N–H and O–H groups in total. The van der Waals surface area contributed by atoms with Crippen molar-refractivity contribution in [1.29, 1.82) is 0 Å². The van der Waals surface area contributed by atoms with Gasteiger partial charge in [0.1, 0.15) is 5.69 Å². The Balaban J connectivity index is 1.60. The number of hydroxylamine groups is 1. The number of nitrogens with one attached hydrogen (secondary N) is 1. The first-order chi connectivity index (χ1) is 13.9. The molecule has 1 aliphatic heterocycles. The number of aromatic nitrogens is 1. The summed E-state index contributed by atoms with van der Waals surface area (Å²) in [6, 6.07) is 10.1. The van der Waals surface area contributed by atoms with Crippen molar-refractivity contribution in [2.45, 2.75) is 12.7 Å². The van der Waals surface area contributed by atoms with Crippen LogP contribution in [-0.2, 0) is 17.5 Å². The summed E-state index contributed by atoms with van der Waals surface area (Å²) in [7, 11) is 0. The van der Waals surface area contributed by atoms with E-state index in [0.717, 1.165) is 49.1 Å². The molecule has 1 aromatic carbocycles. The monoisotopic (exact) mass is 406 g/mol. The number of carbonyl (C=O) groups is 1. The number of para-hydroxylation sites is 1. The molecule has 9 heteroatoms. The van der Waals surface area contributed by atoms with E-state index in [1.54, 1.807) is 11.6 Å². The number of halogens is 3. The molecule has 1 aromatic heterocycles. The summed E-state index contributed by atoms with van der Waals surface area (Å²) in [4.78, 5) is 19.1. The zero-order valence-corrected chi connectivity index (χ0v) is 15.6. The van der Waals surface area contributed by atoms with Gasteiger partial charge in [-0.15, -0.1) is 0 Å². The molecule has 6 nitrogen and oxygen atoms in total. The molecule has 1 amide bonds. The molecular formula is C20H21F3N4O2. The Morgan fingerprint density at radius 3 is 2.48 bits per heavy atom. The minimum absolute atomic E-state index is 0.539. The van der Waals surface area contributed by atoms with Crippen molar-refractivity contribution >= 4 is 17.7 Å². The Morgan fingerprint density at radius 2 is 1.86 bits per heavy atom. The summed E-state index contributed by atoms with van der Waals surface area (Å²) in [6.45, 7) is 3.51. The van der Waals surface area contributed by atoms with Gasteiger partial charge < -0.3 is 4.90 Å². The van der Waals surface area contributed by atoms with E-state index < -0.39 is 17.8 Å². The molecule has 1 fully saturated rings. The van der Waals surface area contributed by atoms with E-state index in [1.807, 2.05) is 24.3 Å². The van der Waals surface area contributed by atoms with Crippen LogP contribution in [0.15, 0.2) is 48.7 Å². The molecule has 1 aliphatic rings. The van der Waals surface area contributed by atoms with Crippen molar-refractivity contribution in [3.8, 4) is 0 Å². The number of benzene rings is 1. The summed E-state index contributed by atoms with van der Waals surface area (Å²) >= 11 is 0. The second-order valence-corrected chi connectivity index (χ2v) is 6.68. The van der Waals surface area contributed by atoms with Gasteiger partial charge in [-0.1, -0.05) is 24.3 Å². The van der Waals surface area contributed by atoms with Gasteiger partial charge in [0, 0.05) is 50.7 Å². The quantitative estimate of drug-likeness (QED) is 0.454. The maximum Gasteiger partial charge on any atom is 0.433 e. The third kappa shape index (κ3) is 5.55. The Hall–Kier alpha value is -2.91. The standard InChI is InChI=1S/C20H21F3N4O2/c21-20(22,23)18-7-5-15(13-24-18)14-26-9-11-27(12-10-26)17-4-2-1-3-16(17)6-8-19(28)25-29/h1-8,13,29H,9-12,14H2,(H,25,28). The van der Waals surface area contributed by atoms with Crippen molar-refractivity contribution in [3.05, 3.63) is 65.5 Å². The van der Waals surface area contributed by atoms with Gasteiger partial charge in [0.2, 0.25) is 0 Å². The average Bonchev–Trinajstić information content (AvgIpc) is 2.72. The molecule has 2 heterocycles. The van der Waals surface area contributed by atoms with Crippen LogP contribution < -0.4 is 10.4 Å². The number of rotatable bonds is 5. The van der Waals surface area contributed by atoms with E-state index in [2.05, 4.69) is 14.8 Å². The Morgan fingerprint density at radius 1 is 1.14 bits per heavy atom. The third-order valence-electron chi connectivity index (χ3n) is 4.70. The Labute approximate surface area is 166 Å². The minimum Gasteiger partial charge on any atom is -0.368 e. The van der Waals surface area contributed by atoms with Crippen molar-refractivity contribution in [1.82, 2.24) is 15.4 Å². The third-order valence-corrected chi connectivity index (χ3v) is 4.70. The SMILES string of the molecule is O=C(C=Cc1ccccc1N1CCN(Cc2ccc(C(F)(F)F)nc2)CC1)NO. The highest BCUT2D eigenvalue weighted by Gasteiger charge is 2.32. The normalized spacial score (nSPS) is 15.7. The summed E-state index contributed by atoms with van der Waals surface area (Å²) in [6.07, 6.45) is -0.251. The van der Waals surface area contributed by atoms with Gasteiger partial charge in [0.25, 0.3) is 5.91 Å². The molecule has 0 atom stereocenters. The number of anilines is 1. The van der Waals surface area contributed by atoms with Gasteiger partial charge in [-0.05, 0) is 29.3 Å². The lowest BCUT2D eigenvalue weighted by molar-refractivity contribution is -0.141. The summed E-state index contributed by atoms with van der Waals surface area (Å²) in [5.74, 6) is -0.602. The van der Waals surface area contributed by atoms with Crippen LogP contribution >= 0.6 is 0 Å². The molecule has 2 aromatic rings. The second-order valence-electron chi connectivity index (χ2n) is 6.68. The zero-order valence-electron chi connectivity index (χ0n) is 15.6. The predicted octanol–water partition coefficient (Wildman–Crippen LogP) is 2.94. The number of piperazine rings is 1. The fourth-order valence-electron chi connectivity index (χ4n) is 3.21. The van der Waals surface area contributed by atoms with Crippen LogP contribution in [0.5, 0.6) is 0 Å². The Kier molecular flexibility index (Phi) is 6.50. The van der Waals surface area contributed by atoms with Crippen LogP contribution in [0.4, 0.5) is 18.9 Å². The van der Waals surface area contributed by atoms with E-state index in [-0.39, 0.29) is 0 Å². The first kappa shape index (κ1) is 20.8. The lowest BCUT2D eigenvalue weighted by atomic mass is 10.1. The number of alkyl halides is 3. The summed E-state index contributed by atoms with van der Waals surface area (Å²) in [5.41, 5.74) is 3.25. The van der Waals surface area contributed by atoms with Crippen molar-refractivity contribution in [2.24, 2.45) is 0 Å². The highest BCUT2D eigenvalue weighted by molar-refractivity contribution is 5.91. The highest BCUT2D eigenvalue weighted by Crippen LogP contribution is 2.27. The maximum absolute atomic E-state index is 12.6. The van der Waals surface area contributed by atoms with Crippen molar-refractivity contribution in [2.75, 3.05) is 31.1 Å². The number of nitrogens with zero attached hydrogens (tertiary/aromatic N) is 3. The lowest BCUT2D eigenvalue weighted by Crippen LogP contribution is -2.46. The first-order valence-electron chi connectivity index (χ1n) is 9.07. The maximum atomic E-state index is 12.6. The van der Waals surface area contributed by atoms with Crippen molar-refractivity contribution < 1.29 is 23.2 Å². The highest BCUT2D eigenvalue weighted by atomic mass is 19.4. The molecule has 0 unspecified atom stereocenters. The van der Waals surface area contributed by atoms with Crippen LogP contribution in [-0.4, -0.2) is 47.2 Å². The van der Waals surface area contributed by atoms with E-state index in [4.69, 9.17) is 5.21 Å². The Bertz CT molecular complexity index is 861. The van der Waals surface area contributed by atoms with Crippen LogP contribution in [0.25, 0.3) is 6.08 Å². The van der Waals surface area contributed by atoms with Crippen LogP contribution in [0.3, 0.4) is 0 Å². The molecule has 154 valence electrons. The second kappa shape index (κ2) is 9.06. The molecular weight excluding hydrogens is 385 g/mol. The largest absolute Gasteiger partial charge is 0.433 e. The average molecular weight is 406 g/mol. The molecule has 0 radical (unpaired) electrons. The summed E-state index contributed by atoms with van der Waals surface area (Å²) < 4.78 is 37.8. The summed E-state index contributed by atoms with van der Waals surface area (Å²) in [5, 5.41) is 8.61. The molecule has 3 rings (SSSR count). The van der Waals surface area contributed by atoms with Crippen LogP contribution in [0.1, 0.15) is 16.8 Å². The predicted molar refractivity (Wildman–Crippen MR) is 102 cm³/mol. The van der Waals surface area contributed by atoms with E-state index in [9.17, 15) is 18.0 Å². The van der Waals surface area contributed by atoms with Gasteiger partial charge in [0.05, 0.1) is 0 Å². The van der Waals surface area contributed by atoms with Gasteiger partial charge >= 0.3 is 6.18 Å². The van der Waals surface area contributed by atoms with Gasteiger partial charge in [-0.25, -0.2) is 5.48 Å². The molecule has 29 heavy (non-hydrogen) atoms. The first-order valence-corrected chi connectivity index (χ1v) is 9.07. The molecule has 1 saturated heterocycles. The molecule has 0 saturated carbocycles. The van der Waals surface area contributed by atoms with Gasteiger partial charge in [-0.3, -0.25) is 19.9 Å². The number of pyridine rings is 1. The fourth-order valence-corrected chi connectivity index (χ4v) is 3.21. The van der Waals surface area contributed by atoms with Gasteiger partial charge in [0.15, 0.2) is 0 Å². The molecule has 0 spiro atoms. The topological polar surface area (TPSA) is 68.7 Å². The number of carbonyl (C=O) groups excluding carboxylic acids is 1. The lowest BCUT2D eigenvalue weighted by Gasteiger charge is -2.36. The van der Waals surface area contributed by atoms with Crippen LogP contribution in [0, 0.1) is 0 Å². The van der Waals surface area contributed by atoms with Gasteiger partial charge in [-0.2, -0.15) is 13.2 Å².